The molecule has 1 aromatic carbocycles. The van der Waals surface area contributed by atoms with E-state index in [1.165, 1.54) is 12.1 Å². The molecule has 2 atom stereocenters. The average molecular weight is 390 g/mol. The molecule has 0 saturated carbocycles. The topological polar surface area (TPSA) is 104 Å². The van der Waals surface area contributed by atoms with Crippen molar-refractivity contribution >= 4 is 21.9 Å². The minimum Gasteiger partial charge on any atom is -0.479 e. The van der Waals surface area contributed by atoms with Gasteiger partial charge in [0.05, 0.1) is 6.54 Å². The van der Waals surface area contributed by atoms with Crippen molar-refractivity contribution in [2.45, 2.75) is 36.9 Å². The Balaban J connectivity index is 2.23. The second-order valence-corrected chi connectivity index (χ2v) is 8.24. The number of sulfonamides is 1. The summed E-state index contributed by atoms with van der Waals surface area (Å²) in [7, 11) is -4.34. The number of alkyl halides is 1. The molecule has 2 N–H and O–H groups in total. The van der Waals surface area contributed by atoms with Crippen LogP contribution in [0, 0.1) is 11.7 Å². The molecule has 1 amide bonds. The Morgan fingerprint density at radius 3 is 2.42 bits per heavy atom. The highest BCUT2D eigenvalue weighted by Gasteiger charge is 2.48. The van der Waals surface area contributed by atoms with Gasteiger partial charge in [-0.1, -0.05) is 26.0 Å². The molecule has 0 aliphatic carbocycles. The lowest BCUT2D eigenvalue weighted by Crippen LogP contribution is -2.51. The number of aliphatic carboxylic acids is 1. The van der Waals surface area contributed by atoms with Gasteiger partial charge in [0.15, 0.2) is 0 Å². The first kappa shape index (κ1) is 20.2. The second kappa shape index (κ2) is 7.28. The van der Waals surface area contributed by atoms with Crippen LogP contribution in [0.1, 0.15) is 20.3 Å². The minimum absolute atomic E-state index is 0.147. The highest BCUT2D eigenvalue weighted by atomic mass is 32.2. The van der Waals surface area contributed by atoms with Crippen LogP contribution in [-0.4, -0.2) is 55.1 Å². The van der Waals surface area contributed by atoms with Gasteiger partial charge in [0.25, 0.3) is 0 Å². The highest BCUT2D eigenvalue weighted by molar-refractivity contribution is 7.89. The number of hydrogen-bond donors (Lipinski definition) is 2. The number of nitrogens with zero attached hydrogens (tertiary/aromatic N) is 1. The number of rotatable bonds is 6. The molecule has 7 nitrogen and oxygen atoms in total. The zero-order valence-electron chi connectivity index (χ0n) is 14.3. The Morgan fingerprint density at radius 1 is 1.31 bits per heavy atom. The van der Waals surface area contributed by atoms with Crippen LogP contribution in [0.3, 0.4) is 0 Å². The van der Waals surface area contributed by atoms with Gasteiger partial charge in [0.1, 0.15) is 16.8 Å². The van der Waals surface area contributed by atoms with Gasteiger partial charge >= 0.3 is 5.97 Å². The van der Waals surface area contributed by atoms with E-state index in [2.05, 4.69) is 4.72 Å². The van der Waals surface area contributed by atoms with Crippen LogP contribution in [-0.2, 0) is 19.6 Å². The second-order valence-electron chi connectivity index (χ2n) is 6.55. The SMILES string of the molecule is CC(C)C(NS(=O)(=O)c1ccccc1F)C(=O)N1CCC(F)(C(=O)O)C1. The minimum atomic E-state index is -4.34. The molecule has 1 fully saturated rings. The molecule has 0 aromatic heterocycles. The van der Waals surface area contributed by atoms with Gasteiger partial charge in [0, 0.05) is 13.0 Å². The van der Waals surface area contributed by atoms with Gasteiger partial charge in [-0.25, -0.2) is 22.0 Å². The summed E-state index contributed by atoms with van der Waals surface area (Å²) < 4.78 is 55.0. The van der Waals surface area contributed by atoms with Crippen molar-refractivity contribution in [1.29, 1.82) is 0 Å². The first-order valence-electron chi connectivity index (χ1n) is 7.96. The van der Waals surface area contributed by atoms with E-state index in [1.54, 1.807) is 13.8 Å². The van der Waals surface area contributed by atoms with Gasteiger partial charge < -0.3 is 10.0 Å². The molecule has 0 bridgehead atoms. The largest absolute Gasteiger partial charge is 0.479 e. The van der Waals surface area contributed by atoms with Crippen molar-refractivity contribution < 1.29 is 31.9 Å². The van der Waals surface area contributed by atoms with Crippen molar-refractivity contribution in [1.82, 2.24) is 9.62 Å². The standard InChI is InChI=1S/C16H20F2N2O5S/c1-10(2)13(14(21)20-8-7-16(18,9-20)15(22)23)19-26(24,25)12-6-4-3-5-11(12)17/h3-6,10,13,19H,7-9H2,1-2H3,(H,22,23). The van der Waals surface area contributed by atoms with E-state index in [9.17, 15) is 26.8 Å². The molecule has 1 saturated heterocycles. The lowest BCUT2D eigenvalue weighted by atomic mass is 10.0. The maximum atomic E-state index is 14.2. The summed E-state index contributed by atoms with van der Waals surface area (Å²) in [6.45, 7) is 2.34. The van der Waals surface area contributed by atoms with Crippen LogP contribution in [0.5, 0.6) is 0 Å². The van der Waals surface area contributed by atoms with E-state index in [-0.39, 0.29) is 13.0 Å². The molecular formula is C16H20F2N2O5S. The molecule has 1 aliphatic rings. The number of carboxylic acid groups (broad SMARTS) is 1. The molecule has 26 heavy (non-hydrogen) atoms. The number of amides is 1. The van der Waals surface area contributed by atoms with E-state index >= 15 is 0 Å². The zero-order valence-corrected chi connectivity index (χ0v) is 15.1. The van der Waals surface area contributed by atoms with Crippen molar-refractivity contribution in [3.8, 4) is 0 Å². The molecule has 2 unspecified atom stereocenters. The Labute approximate surface area is 150 Å². The number of halogens is 2. The molecule has 1 heterocycles. The summed E-state index contributed by atoms with van der Waals surface area (Å²) in [4.78, 5) is 24.0. The number of likely N-dealkylation sites (tertiary alicyclic amines) is 1. The van der Waals surface area contributed by atoms with E-state index < -0.39 is 56.8 Å². The molecule has 1 aliphatic heterocycles. The van der Waals surface area contributed by atoms with Gasteiger partial charge in [-0.05, 0) is 18.1 Å². The molecule has 1 aromatic rings. The van der Waals surface area contributed by atoms with Crippen LogP contribution >= 0.6 is 0 Å². The summed E-state index contributed by atoms with van der Waals surface area (Å²) in [6, 6.07) is 3.43. The molecule has 2 rings (SSSR count). The summed E-state index contributed by atoms with van der Waals surface area (Å²) >= 11 is 0. The van der Waals surface area contributed by atoms with Crippen molar-refractivity contribution in [2.24, 2.45) is 5.92 Å². The number of benzene rings is 1. The van der Waals surface area contributed by atoms with E-state index in [0.717, 1.165) is 17.0 Å². The monoisotopic (exact) mass is 390 g/mol. The van der Waals surface area contributed by atoms with Gasteiger partial charge in [-0.15, -0.1) is 0 Å². The van der Waals surface area contributed by atoms with Crippen LogP contribution in [0.15, 0.2) is 29.2 Å². The third-order valence-corrected chi connectivity index (χ3v) is 5.73. The Bertz CT molecular complexity index is 815. The quantitative estimate of drug-likeness (QED) is 0.759. The third kappa shape index (κ3) is 4.01. The first-order chi connectivity index (χ1) is 12.0. The number of nitrogens with one attached hydrogen (secondary N) is 1. The maximum Gasteiger partial charge on any atom is 0.343 e. The number of carbonyl (C=O) groups excluding carboxylic acids is 1. The lowest BCUT2D eigenvalue weighted by Gasteiger charge is -2.27. The Morgan fingerprint density at radius 2 is 1.92 bits per heavy atom. The maximum absolute atomic E-state index is 14.2. The van der Waals surface area contributed by atoms with Crippen molar-refractivity contribution in [3.63, 3.8) is 0 Å². The molecule has 0 radical (unpaired) electrons. The third-order valence-electron chi connectivity index (χ3n) is 4.26. The molecular weight excluding hydrogens is 370 g/mol. The highest BCUT2D eigenvalue weighted by Crippen LogP contribution is 2.27. The normalized spacial score (nSPS) is 21.8. The Hall–Kier alpha value is -2.07. The average Bonchev–Trinajstić information content (AvgIpc) is 2.96. The van der Waals surface area contributed by atoms with E-state index in [0.29, 0.717) is 0 Å². The van der Waals surface area contributed by atoms with Crippen molar-refractivity contribution in [3.05, 3.63) is 30.1 Å². The fraction of sp³-hybridized carbons (Fsp3) is 0.500. The summed E-state index contributed by atoms with van der Waals surface area (Å²) in [5.74, 6) is -3.91. The fourth-order valence-electron chi connectivity index (χ4n) is 2.70. The van der Waals surface area contributed by atoms with Gasteiger partial charge in [-0.2, -0.15) is 4.72 Å². The number of carbonyl (C=O) groups is 2. The summed E-state index contributed by atoms with van der Waals surface area (Å²) in [5.41, 5.74) is -2.55. The summed E-state index contributed by atoms with van der Waals surface area (Å²) in [5, 5.41) is 8.92. The van der Waals surface area contributed by atoms with Gasteiger partial charge in [-0.3, -0.25) is 4.79 Å². The summed E-state index contributed by atoms with van der Waals surface area (Å²) in [6.07, 6.45) is -0.376. The fourth-order valence-corrected chi connectivity index (χ4v) is 4.11. The van der Waals surface area contributed by atoms with Crippen LogP contribution in [0.2, 0.25) is 0 Å². The molecule has 0 spiro atoms. The van der Waals surface area contributed by atoms with E-state index in [4.69, 9.17) is 5.11 Å². The number of hydrogen-bond acceptors (Lipinski definition) is 4. The number of carboxylic acids is 1. The predicted molar refractivity (Wildman–Crippen MR) is 88.0 cm³/mol. The van der Waals surface area contributed by atoms with Gasteiger partial charge in [0.2, 0.25) is 21.6 Å². The molecule has 144 valence electrons. The van der Waals surface area contributed by atoms with Crippen LogP contribution in [0.4, 0.5) is 8.78 Å². The first-order valence-corrected chi connectivity index (χ1v) is 9.44. The Kier molecular flexibility index (Phi) is 5.67. The van der Waals surface area contributed by atoms with Crippen LogP contribution < -0.4 is 4.72 Å². The van der Waals surface area contributed by atoms with E-state index in [1.807, 2.05) is 0 Å². The molecule has 10 heteroatoms. The van der Waals surface area contributed by atoms with Crippen molar-refractivity contribution in [2.75, 3.05) is 13.1 Å². The zero-order chi connectivity index (χ0) is 19.7. The smallest absolute Gasteiger partial charge is 0.343 e. The predicted octanol–water partition coefficient (Wildman–Crippen LogP) is 1.15. The lowest BCUT2D eigenvalue weighted by molar-refractivity contribution is -0.150. The van der Waals surface area contributed by atoms with Crippen LogP contribution in [0.25, 0.3) is 0 Å².